The molecule has 1 aliphatic rings. The zero-order chi connectivity index (χ0) is 9.97. The minimum Gasteiger partial charge on any atom is -0.310 e. The van der Waals surface area contributed by atoms with E-state index in [-0.39, 0.29) is 0 Å². The molecule has 0 radical (unpaired) electrons. The minimum absolute atomic E-state index is 0.539. The molecule has 1 unspecified atom stereocenters. The average molecular weight is 319 g/mol. The van der Waals surface area contributed by atoms with Gasteiger partial charge in [0.2, 0.25) is 0 Å². The van der Waals surface area contributed by atoms with E-state index in [9.17, 15) is 0 Å². The van der Waals surface area contributed by atoms with Gasteiger partial charge in [0, 0.05) is 15.0 Å². The van der Waals surface area contributed by atoms with Crippen molar-refractivity contribution in [3.8, 4) is 0 Å². The van der Waals surface area contributed by atoms with Crippen molar-refractivity contribution >= 4 is 31.9 Å². The van der Waals surface area contributed by atoms with Gasteiger partial charge in [-0.05, 0) is 43.1 Å². The maximum Gasteiger partial charge on any atom is 0.0321 e. The van der Waals surface area contributed by atoms with Crippen LogP contribution in [0.4, 0.5) is 0 Å². The van der Waals surface area contributed by atoms with E-state index in [4.69, 9.17) is 0 Å². The number of hydrogen-bond acceptors (Lipinski definition) is 1. The molecule has 0 aliphatic carbocycles. The summed E-state index contributed by atoms with van der Waals surface area (Å²) in [5.74, 6) is 0. The molecule has 0 bridgehead atoms. The van der Waals surface area contributed by atoms with Crippen LogP contribution in [0.1, 0.15) is 30.9 Å². The Labute approximate surface area is 102 Å². The lowest BCUT2D eigenvalue weighted by Crippen LogP contribution is -2.26. The van der Waals surface area contributed by atoms with E-state index in [0.717, 1.165) is 15.5 Å². The van der Waals surface area contributed by atoms with Gasteiger partial charge in [0.1, 0.15) is 0 Å². The lowest BCUT2D eigenvalue weighted by molar-refractivity contribution is 0.412. The third-order valence-corrected chi connectivity index (χ3v) is 3.51. The van der Waals surface area contributed by atoms with E-state index in [1.165, 1.54) is 24.8 Å². The van der Waals surface area contributed by atoms with Crippen LogP contribution < -0.4 is 5.32 Å². The fraction of sp³-hybridized carbons (Fsp3) is 0.455. The van der Waals surface area contributed by atoms with E-state index < -0.39 is 0 Å². The lowest BCUT2D eigenvalue weighted by atomic mass is 9.98. The molecule has 1 saturated heterocycles. The van der Waals surface area contributed by atoms with Crippen LogP contribution >= 0.6 is 31.9 Å². The molecule has 0 spiro atoms. The topological polar surface area (TPSA) is 12.0 Å². The molecule has 1 nitrogen and oxygen atoms in total. The minimum atomic E-state index is 0.539. The first-order valence-electron chi connectivity index (χ1n) is 4.95. The van der Waals surface area contributed by atoms with E-state index in [1.807, 2.05) is 0 Å². The van der Waals surface area contributed by atoms with E-state index in [0.29, 0.717) is 6.04 Å². The summed E-state index contributed by atoms with van der Waals surface area (Å²) < 4.78 is 2.29. The highest BCUT2D eigenvalue weighted by atomic mass is 79.9. The summed E-state index contributed by atoms with van der Waals surface area (Å²) in [5.41, 5.74) is 1.38. The molecular weight excluding hydrogens is 306 g/mol. The molecule has 1 aromatic carbocycles. The Morgan fingerprint density at radius 3 is 2.36 bits per heavy atom. The first-order valence-corrected chi connectivity index (χ1v) is 6.54. The number of nitrogens with one attached hydrogen (secondary N) is 1. The quantitative estimate of drug-likeness (QED) is 0.824. The van der Waals surface area contributed by atoms with Crippen LogP contribution in [-0.4, -0.2) is 6.54 Å². The van der Waals surface area contributed by atoms with Crippen molar-refractivity contribution < 1.29 is 0 Å². The Hall–Kier alpha value is 0.140. The van der Waals surface area contributed by atoms with Crippen molar-refractivity contribution in [2.75, 3.05) is 6.54 Å². The highest BCUT2D eigenvalue weighted by Gasteiger charge is 2.14. The Balaban J connectivity index is 2.21. The van der Waals surface area contributed by atoms with Crippen molar-refractivity contribution in [2.45, 2.75) is 25.3 Å². The summed E-state index contributed by atoms with van der Waals surface area (Å²) in [4.78, 5) is 0. The number of benzene rings is 1. The molecule has 0 aromatic heterocycles. The van der Waals surface area contributed by atoms with Crippen molar-refractivity contribution in [3.05, 3.63) is 32.7 Å². The predicted molar refractivity (Wildman–Crippen MR) is 66.4 cm³/mol. The third-order valence-electron chi connectivity index (χ3n) is 2.60. The zero-order valence-corrected chi connectivity index (χ0v) is 11.1. The van der Waals surface area contributed by atoms with Crippen LogP contribution in [0.15, 0.2) is 27.1 Å². The predicted octanol–water partition coefficient (Wildman–Crippen LogP) is 4.03. The molecule has 1 heterocycles. The summed E-state index contributed by atoms with van der Waals surface area (Å²) in [6.07, 6.45) is 3.90. The maximum absolute atomic E-state index is 3.55. The van der Waals surface area contributed by atoms with Gasteiger partial charge in [-0.15, -0.1) is 0 Å². The number of halogens is 2. The molecule has 1 aliphatic heterocycles. The van der Waals surface area contributed by atoms with E-state index in [1.54, 1.807) is 0 Å². The summed E-state index contributed by atoms with van der Waals surface area (Å²) >= 11 is 7.04. The molecule has 1 atom stereocenters. The SMILES string of the molecule is Brc1cc(Br)cc(C2CCCCN2)c1. The van der Waals surface area contributed by atoms with Crippen LogP contribution in [0.3, 0.4) is 0 Å². The van der Waals surface area contributed by atoms with Gasteiger partial charge in [-0.25, -0.2) is 0 Å². The molecule has 0 saturated carbocycles. The molecule has 1 aromatic rings. The first kappa shape index (κ1) is 10.7. The smallest absolute Gasteiger partial charge is 0.0321 e. The Morgan fingerprint density at radius 1 is 1.07 bits per heavy atom. The molecule has 1 N–H and O–H groups in total. The van der Waals surface area contributed by atoms with Gasteiger partial charge in [-0.2, -0.15) is 0 Å². The van der Waals surface area contributed by atoms with E-state index in [2.05, 4.69) is 55.4 Å². The third kappa shape index (κ3) is 2.59. The van der Waals surface area contributed by atoms with E-state index >= 15 is 0 Å². The van der Waals surface area contributed by atoms with Gasteiger partial charge in [0.05, 0.1) is 0 Å². The number of rotatable bonds is 1. The summed E-state index contributed by atoms with van der Waals surface area (Å²) in [5, 5.41) is 3.55. The Morgan fingerprint density at radius 2 is 1.79 bits per heavy atom. The fourth-order valence-corrected chi connectivity index (χ4v) is 3.24. The second kappa shape index (κ2) is 4.77. The van der Waals surface area contributed by atoms with Gasteiger partial charge in [-0.3, -0.25) is 0 Å². The van der Waals surface area contributed by atoms with Gasteiger partial charge in [0.15, 0.2) is 0 Å². The fourth-order valence-electron chi connectivity index (χ4n) is 1.91. The molecule has 2 rings (SSSR count). The highest BCUT2D eigenvalue weighted by molar-refractivity contribution is 9.11. The van der Waals surface area contributed by atoms with Crippen molar-refractivity contribution in [2.24, 2.45) is 0 Å². The number of hydrogen-bond donors (Lipinski definition) is 1. The first-order chi connectivity index (χ1) is 6.75. The average Bonchev–Trinajstić information content (AvgIpc) is 2.18. The van der Waals surface area contributed by atoms with Crippen molar-refractivity contribution in [1.29, 1.82) is 0 Å². The number of piperidine rings is 1. The molecule has 1 fully saturated rings. The van der Waals surface area contributed by atoms with Crippen LogP contribution in [-0.2, 0) is 0 Å². The maximum atomic E-state index is 3.55. The zero-order valence-electron chi connectivity index (χ0n) is 7.89. The molecular formula is C11H13Br2N. The van der Waals surface area contributed by atoms with Crippen LogP contribution in [0.5, 0.6) is 0 Å². The van der Waals surface area contributed by atoms with Crippen LogP contribution in [0, 0.1) is 0 Å². The molecule has 0 amide bonds. The Kier molecular flexibility index (Phi) is 3.63. The van der Waals surface area contributed by atoms with Crippen molar-refractivity contribution in [1.82, 2.24) is 5.32 Å². The van der Waals surface area contributed by atoms with Gasteiger partial charge < -0.3 is 5.32 Å². The van der Waals surface area contributed by atoms with Gasteiger partial charge >= 0.3 is 0 Å². The Bertz CT molecular complexity index is 299. The van der Waals surface area contributed by atoms with Crippen LogP contribution in [0.2, 0.25) is 0 Å². The van der Waals surface area contributed by atoms with Crippen LogP contribution in [0.25, 0.3) is 0 Å². The van der Waals surface area contributed by atoms with Gasteiger partial charge in [-0.1, -0.05) is 38.3 Å². The largest absolute Gasteiger partial charge is 0.310 e. The molecule has 14 heavy (non-hydrogen) atoms. The molecule has 3 heteroatoms. The standard InChI is InChI=1S/C11H13Br2N/c12-9-5-8(6-10(13)7-9)11-3-1-2-4-14-11/h5-7,11,14H,1-4H2. The normalized spacial score (nSPS) is 22.3. The monoisotopic (exact) mass is 317 g/mol. The summed E-state index contributed by atoms with van der Waals surface area (Å²) in [6, 6.07) is 7.02. The summed E-state index contributed by atoms with van der Waals surface area (Å²) in [7, 11) is 0. The highest BCUT2D eigenvalue weighted by Crippen LogP contribution is 2.28. The summed E-state index contributed by atoms with van der Waals surface area (Å²) in [6.45, 7) is 1.15. The second-order valence-corrected chi connectivity index (χ2v) is 5.54. The van der Waals surface area contributed by atoms with Gasteiger partial charge in [0.25, 0.3) is 0 Å². The molecule has 76 valence electrons. The van der Waals surface area contributed by atoms with Crippen molar-refractivity contribution in [3.63, 3.8) is 0 Å². The lowest BCUT2D eigenvalue weighted by Gasteiger charge is -2.24. The second-order valence-electron chi connectivity index (χ2n) is 3.71.